The summed E-state index contributed by atoms with van der Waals surface area (Å²) in [6.45, 7) is 0.167. The highest BCUT2D eigenvalue weighted by Gasteiger charge is 2.37. The lowest BCUT2D eigenvalue weighted by Crippen LogP contribution is -2.44. The molecule has 38 heavy (non-hydrogen) atoms. The predicted octanol–water partition coefficient (Wildman–Crippen LogP) is 3.68. The molecule has 0 saturated heterocycles. The predicted molar refractivity (Wildman–Crippen MR) is 142 cm³/mol. The molecule has 11 heteroatoms. The van der Waals surface area contributed by atoms with E-state index in [1.54, 1.807) is 24.3 Å². The number of benzene rings is 3. The number of carbonyl (C=O) groups is 3. The largest absolute Gasteiger partial charge is 0.497 e. The van der Waals surface area contributed by atoms with Crippen LogP contribution in [0.2, 0.25) is 0 Å². The number of methoxy groups -OCH3 is 1. The van der Waals surface area contributed by atoms with Crippen LogP contribution in [0.4, 0.5) is 15.8 Å². The number of ether oxygens (including phenoxy) is 1. The van der Waals surface area contributed by atoms with Gasteiger partial charge in [0, 0.05) is 6.54 Å². The highest BCUT2D eigenvalue weighted by molar-refractivity contribution is 7.09. The van der Waals surface area contributed by atoms with Gasteiger partial charge in [0.05, 0.1) is 18.5 Å². The van der Waals surface area contributed by atoms with Gasteiger partial charge in [0.2, 0.25) is 5.91 Å². The average molecular weight is 534 g/mol. The first-order valence-corrected chi connectivity index (χ1v) is 12.2. The third-order valence-electron chi connectivity index (χ3n) is 5.73. The number of rotatable bonds is 9. The van der Waals surface area contributed by atoms with Crippen LogP contribution in [0, 0.1) is 5.82 Å². The summed E-state index contributed by atoms with van der Waals surface area (Å²) in [7, 11) is 1.50. The molecule has 0 radical (unpaired) electrons. The molecule has 194 valence electrons. The van der Waals surface area contributed by atoms with Gasteiger partial charge in [0.1, 0.15) is 22.5 Å². The van der Waals surface area contributed by atoms with Crippen molar-refractivity contribution in [2.24, 2.45) is 5.73 Å². The molecule has 0 unspecified atom stereocenters. The summed E-state index contributed by atoms with van der Waals surface area (Å²) >= 11 is 0.641. The van der Waals surface area contributed by atoms with Crippen LogP contribution in [0.15, 0.2) is 78.9 Å². The first-order valence-electron chi connectivity index (χ1n) is 11.4. The number of nitrogen functional groups attached to an aromatic ring is 1. The molecule has 9 nitrogen and oxygen atoms in total. The molecular formula is C27H24FN5O4S. The van der Waals surface area contributed by atoms with Crippen LogP contribution >= 0.6 is 11.5 Å². The van der Waals surface area contributed by atoms with Gasteiger partial charge in [-0.25, -0.2) is 4.39 Å². The van der Waals surface area contributed by atoms with E-state index in [0.29, 0.717) is 22.8 Å². The molecule has 1 heterocycles. The van der Waals surface area contributed by atoms with Crippen molar-refractivity contribution in [2.45, 2.75) is 12.6 Å². The Morgan fingerprint density at radius 2 is 1.68 bits per heavy atom. The van der Waals surface area contributed by atoms with Gasteiger partial charge in [-0.05, 0) is 46.9 Å². The number of amides is 3. The smallest absolute Gasteiger partial charge is 0.273 e. The Balaban J connectivity index is 1.84. The molecule has 0 aliphatic heterocycles. The number of nitrogens with two attached hydrogens (primary N) is 2. The van der Waals surface area contributed by atoms with Crippen molar-refractivity contribution in [1.82, 2.24) is 9.69 Å². The average Bonchev–Trinajstić information content (AvgIpc) is 3.33. The van der Waals surface area contributed by atoms with Crippen LogP contribution in [-0.4, -0.2) is 29.2 Å². The van der Waals surface area contributed by atoms with Crippen molar-refractivity contribution in [3.63, 3.8) is 0 Å². The van der Waals surface area contributed by atoms with E-state index in [9.17, 15) is 14.4 Å². The highest BCUT2D eigenvalue weighted by Crippen LogP contribution is 2.35. The van der Waals surface area contributed by atoms with E-state index in [1.807, 2.05) is 30.3 Å². The van der Waals surface area contributed by atoms with Gasteiger partial charge in [-0.3, -0.25) is 19.3 Å². The van der Waals surface area contributed by atoms with E-state index in [2.05, 4.69) is 9.69 Å². The first kappa shape index (κ1) is 26.3. The minimum absolute atomic E-state index is 0.156. The maximum absolute atomic E-state index is 15.2. The number of nitrogens with one attached hydrogen (secondary N) is 1. The summed E-state index contributed by atoms with van der Waals surface area (Å²) in [5.74, 6) is -2.53. The van der Waals surface area contributed by atoms with E-state index in [1.165, 1.54) is 31.4 Å². The highest BCUT2D eigenvalue weighted by atomic mass is 32.1. The van der Waals surface area contributed by atoms with Gasteiger partial charge in [-0.15, -0.1) is 0 Å². The molecule has 4 aromatic rings. The van der Waals surface area contributed by atoms with E-state index in [-0.39, 0.29) is 28.5 Å². The monoisotopic (exact) mass is 533 g/mol. The number of nitrogens with zero attached hydrogens (tertiary/aromatic N) is 2. The molecule has 4 rings (SSSR count). The molecule has 3 aromatic carbocycles. The van der Waals surface area contributed by atoms with Crippen molar-refractivity contribution in [3.8, 4) is 5.75 Å². The van der Waals surface area contributed by atoms with Gasteiger partial charge >= 0.3 is 0 Å². The zero-order valence-corrected chi connectivity index (χ0v) is 21.1. The zero-order valence-electron chi connectivity index (χ0n) is 20.3. The summed E-state index contributed by atoms with van der Waals surface area (Å²) in [5, 5.41) is 2.84. The Bertz CT molecular complexity index is 1460. The SMILES string of the molecule is COc1ccc([C@@H](C(=O)NCc2ccccc2)N(C(=O)c2snc(C(N)=O)c2N)c2ccccc2F)cc1. The lowest BCUT2D eigenvalue weighted by molar-refractivity contribution is -0.122. The van der Waals surface area contributed by atoms with Gasteiger partial charge in [-0.2, -0.15) is 4.37 Å². The van der Waals surface area contributed by atoms with Crippen molar-refractivity contribution >= 4 is 40.6 Å². The van der Waals surface area contributed by atoms with E-state index in [4.69, 9.17) is 16.2 Å². The summed E-state index contributed by atoms with van der Waals surface area (Å²) in [6, 6.07) is 19.9. The third-order valence-corrected chi connectivity index (χ3v) is 6.59. The van der Waals surface area contributed by atoms with Crippen LogP contribution < -0.4 is 26.4 Å². The Morgan fingerprint density at radius 3 is 2.29 bits per heavy atom. The molecule has 0 spiro atoms. The van der Waals surface area contributed by atoms with Gasteiger partial charge < -0.3 is 21.5 Å². The molecule has 3 amide bonds. The van der Waals surface area contributed by atoms with Crippen LogP contribution in [-0.2, 0) is 11.3 Å². The Morgan fingerprint density at radius 1 is 1.03 bits per heavy atom. The number of primary amides is 1. The summed E-state index contributed by atoms with van der Waals surface area (Å²) in [6.07, 6.45) is 0. The van der Waals surface area contributed by atoms with Gasteiger partial charge in [-0.1, -0.05) is 54.6 Å². The minimum Gasteiger partial charge on any atom is -0.497 e. The number of hydrogen-bond acceptors (Lipinski definition) is 7. The van der Waals surface area contributed by atoms with E-state index in [0.717, 1.165) is 10.5 Å². The van der Waals surface area contributed by atoms with Crippen molar-refractivity contribution in [2.75, 3.05) is 17.7 Å². The number of hydrogen-bond donors (Lipinski definition) is 3. The number of para-hydroxylation sites is 1. The molecule has 0 saturated carbocycles. The number of halogens is 1. The van der Waals surface area contributed by atoms with Crippen LogP contribution in [0.1, 0.15) is 37.3 Å². The fourth-order valence-corrected chi connectivity index (χ4v) is 4.58. The second-order valence-corrected chi connectivity index (χ2v) is 8.92. The van der Waals surface area contributed by atoms with Crippen LogP contribution in [0.3, 0.4) is 0 Å². The number of aromatic nitrogens is 1. The molecule has 1 atom stereocenters. The Kier molecular flexibility index (Phi) is 7.97. The Labute approximate surface area is 222 Å². The maximum atomic E-state index is 15.2. The maximum Gasteiger partial charge on any atom is 0.273 e. The van der Waals surface area contributed by atoms with Gasteiger partial charge in [0.15, 0.2) is 5.69 Å². The fraction of sp³-hybridized carbons (Fsp3) is 0.111. The topological polar surface area (TPSA) is 141 Å². The lowest BCUT2D eigenvalue weighted by atomic mass is 10.0. The van der Waals surface area contributed by atoms with Crippen LogP contribution in [0.5, 0.6) is 5.75 Å². The molecule has 5 N–H and O–H groups in total. The summed E-state index contributed by atoms with van der Waals surface area (Å²) < 4.78 is 24.3. The number of carbonyl (C=O) groups excluding carboxylic acids is 3. The molecule has 0 aliphatic carbocycles. The molecule has 1 aromatic heterocycles. The summed E-state index contributed by atoms with van der Waals surface area (Å²) in [4.78, 5) is 40.3. The quantitative estimate of drug-likeness (QED) is 0.300. The molecular weight excluding hydrogens is 509 g/mol. The fourth-order valence-electron chi connectivity index (χ4n) is 3.84. The van der Waals surface area contributed by atoms with Crippen LogP contribution in [0.25, 0.3) is 0 Å². The standard InChI is InChI=1S/C27H24FN5O4S/c1-37-18-13-11-17(12-14-18)23(26(35)31-15-16-7-3-2-4-8-16)33(20-10-6-5-9-19(20)28)27(36)24-21(29)22(25(30)34)32-38-24/h2-14,23H,15,29H2,1H3,(H2,30,34)(H,31,35)/t23-/m0/s1. The zero-order chi connectivity index (χ0) is 27.2. The lowest BCUT2D eigenvalue weighted by Gasteiger charge is -2.31. The van der Waals surface area contributed by atoms with E-state index >= 15 is 4.39 Å². The van der Waals surface area contributed by atoms with Gasteiger partial charge in [0.25, 0.3) is 11.8 Å². The van der Waals surface area contributed by atoms with Crippen molar-refractivity contribution < 1.29 is 23.5 Å². The molecule has 0 bridgehead atoms. The minimum atomic E-state index is -1.33. The number of anilines is 2. The normalized spacial score (nSPS) is 11.4. The third kappa shape index (κ3) is 5.47. The second-order valence-electron chi connectivity index (χ2n) is 8.14. The van der Waals surface area contributed by atoms with E-state index < -0.39 is 29.6 Å². The Hall–Kier alpha value is -4.77. The molecule has 0 aliphatic rings. The first-order chi connectivity index (χ1) is 18.3. The molecule has 0 fully saturated rings. The summed E-state index contributed by atoms with van der Waals surface area (Å²) in [5.41, 5.74) is 11.9. The second kappa shape index (κ2) is 11.5. The van der Waals surface area contributed by atoms with Crippen molar-refractivity contribution in [1.29, 1.82) is 0 Å². The van der Waals surface area contributed by atoms with Crippen molar-refractivity contribution in [3.05, 3.63) is 106 Å².